The van der Waals surface area contributed by atoms with Crippen LogP contribution in [0.4, 0.5) is 0 Å². The summed E-state index contributed by atoms with van der Waals surface area (Å²) in [6.07, 6.45) is 3.54. The second-order valence-corrected chi connectivity index (χ2v) is 9.20. The first kappa shape index (κ1) is 20.4. The Bertz CT molecular complexity index is 1050. The molecule has 1 aromatic carbocycles. The number of hydrogen-bond donors (Lipinski definition) is 1. The monoisotopic (exact) mass is 408 g/mol. The summed E-state index contributed by atoms with van der Waals surface area (Å²) < 4.78 is 5.30. The van der Waals surface area contributed by atoms with Crippen LogP contribution in [0.15, 0.2) is 35.1 Å². The van der Waals surface area contributed by atoms with Gasteiger partial charge in [0.25, 0.3) is 11.5 Å². The van der Waals surface area contributed by atoms with Gasteiger partial charge in [-0.1, -0.05) is 26.0 Å². The molecule has 1 aromatic heterocycles. The van der Waals surface area contributed by atoms with Gasteiger partial charge in [0.2, 0.25) is 0 Å². The molecule has 1 unspecified atom stereocenters. The van der Waals surface area contributed by atoms with E-state index in [0.29, 0.717) is 37.1 Å². The molecule has 1 atom stereocenters. The summed E-state index contributed by atoms with van der Waals surface area (Å²) in [5, 5.41) is 0. The molecular formula is C24H28N2O4. The number of H-pyrrole nitrogens is 1. The van der Waals surface area contributed by atoms with Crippen LogP contribution >= 0.6 is 0 Å². The number of Topliss-reactive ketones (excluding diaryl/α,β-unsaturated/α-hetero) is 1. The van der Waals surface area contributed by atoms with E-state index < -0.39 is 5.56 Å². The highest BCUT2D eigenvalue weighted by Crippen LogP contribution is 2.33. The number of aromatic amines is 1. The Balaban J connectivity index is 1.60. The van der Waals surface area contributed by atoms with Crippen molar-refractivity contribution in [2.24, 2.45) is 5.41 Å². The van der Waals surface area contributed by atoms with Crippen LogP contribution in [0.5, 0.6) is 5.75 Å². The lowest BCUT2D eigenvalue weighted by molar-refractivity contribution is 0.0734. The van der Waals surface area contributed by atoms with E-state index in [2.05, 4.69) is 4.98 Å². The topological polar surface area (TPSA) is 79.5 Å². The molecule has 2 aromatic rings. The number of nitrogens with one attached hydrogen (secondary N) is 1. The fraction of sp³-hybridized carbons (Fsp3) is 0.458. The Morgan fingerprint density at radius 2 is 2.03 bits per heavy atom. The average Bonchev–Trinajstić information content (AvgIpc) is 3.14. The van der Waals surface area contributed by atoms with E-state index in [0.717, 1.165) is 24.2 Å². The van der Waals surface area contributed by atoms with E-state index in [-0.39, 0.29) is 28.7 Å². The van der Waals surface area contributed by atoms with Crippen LogP contribution in [0.25, 0.3) is 0 Å². The molecule has 0 spiro atoms. The number of carbonyl (C=O) groups is 2. The molecule has 0 bridgehead atoms. The van der Waals surface area contributed by atoms with Crippen molar-refractivity contribution in [3.63, 3.8) is 0 Å². The Morgan fingerprint density at radius 3 is 2.80 bits per heavy atom. The molecule has 1 fully saturated rings. The van der Waals surface area contributed by atoms with Crippen molar-refractivity contribution in [3.8, 4) is 5.75 Å². The van der Waals surface area contributed by atoms with Crippen molar-refractivity contribution >= 4 is 11.7 Å². The van der Waals surface area contributed by atoms with Crippen molar-refractivity contribution in [3.05, 3.63) is 63.1 Å². The third-order valence-corrected chi connectivity index (χ3v) is 6.19. The highest BCUT2D eigenvalue weighted by Gasteiger charge is 2.35. The minimum Gasteiger partial charge on any atom is -0.497 e. The average molecular weight is 408 g/mol. The first-order valence-corrected chi connectivity index (χ1v) is 10.5. The van der Waals surface area contributed by atoms with Gasteiger partial charge in [-0.15, -0.1) is 0 Å². The van der Waals surface area contributed by atoms with Crippen LogP contribution in [-0.4, -0.2) is 41.3 Å². The lowest BCUT2D eigenvalue weighted by atomic mass is 9.75. The zero-order valence-corrected chi connectivity index (χ0v) is 17.8. The fourth-order valence-corrected chi connectivity index (χ4v) is 4.73. The second-order valence-electron chi connectivity index (χ2n) is 9.20. The molecule has 0 radical (unpaired) electrons. The number of pyridine rings is 1. The van der Waals surface area contributed by atoms with Gasteiger partial charge in [-0.2, -0.15) is 0 Å². The van der Waals surface area contributed by atoms with E-state index in [9.17, 15) is 14.4 Å². The molecule has 30 heavy (non-hydrogen) atoms. The number of hydrogen-bond acceptors (Lipinski definition) is 4. The van der Waals surface area contributed by atoms with Gasteiger partial charge in [0, 0.05) is 30.3 Å². The van der Waals surface area contributed by atoms with Crippen molar-refractivity contribution in [2.45, 2.75) is 52.0 Å². The van der Waals surface area contributed by atoms with Crippen molar-refractivity contribution in [2.75, 3.05) is 13.7 Å². The minimum absolute atomic E-state index is 0.0131. The molecule has 2 aliphatic rings. The quantitative estimate of drug-likeness (QED) is 0.841. The van der Waals surface area contributed by atoms with Crippen LogP contribution in [0.3, 0.4) is 0 Å². The maximum atomic E-state index is 13.3. The third-order valence-electron chi connectivity index (χ3n) is 6.19. The van der Waals surface area contributed by atoms with E-state index in [1.165, 1.54) is 6.07 Å². The third kappa shape index (κ3) is 3.91. The van der Waals surface area contributed by atoms with Crippen LogP contribution in [0.2, 0.25) is 0 Å². The lowest BCUT2D eigenvalue weighted by Gasteiger charge is -2.30. The Hall–Kier alpha value is -2.89. The van der Waals surface area contributed by atoms with E-state index in [1.807, 2.05) is 38.1 Å². The largest absolute Gasteiger partial charge is 0.497 e. The summed E-state index contributed by atoms with van der Waals surface area (Å²) in [6.45, 7) is 4.64. The molecular weight excluding hydrogens is 380 g/mol. The van der Waals surface area contributed by atoms with E-state index in [1.54, 1.807) is 12.0 Å². The smallest absolute Gasteiger partial charge is 0.261 e. The highest BCUT2D eigenvalue weighted by molar-refractivity contribution is 6.02. The maximum Gasteiger partial charge on any atom is 0.261 e. The standard InChI is InChI=1S/C24H28N2O4/c1-24(2)13-20-18(21(27)14-24)12-19(22(28)25-20)23(29)26-9-5-7-16(26)10-15-6-4-8-17(11-15)30-3/h4,6,8,11-12,16H,5,7,9-10,13-14H2,1-3H3,(H,25,28). The zero-order valence-electron chi connectivity index (χ0n) is 17.8. The number of aromatic nitrogens is 1. The minimum atomic E-state index is -0.406. The molecule has 6 nitrogen and oxygen atoms in total. The number of nitrogens with zero attached hydrogens (tertiary/aromatic N) is 1. The van der Waals surface area contributed by atoms with E-state index >= 15 is 0 Å². The molecule has 1 saturated heterocycles. The van der Waals surface area contributed by atoms with Crippen LogP contribution in [0, 0.1) is 5.41 Å². The molecule has 0 saturated carbocycles. The molecule has 2 heterocycles. The number of benzene rings is 1. The predicted octanol–water partition coefficient (Wildman–Crippen LogP) is 3.39. The first-order valence-electron chi connectivity index (χ1n) is 10.5. The summed E-state index contributed by atoms with van der Waals surface area (Å²) in [6, 6.07) is 9.38. The van der Waals surface area contributed by atoms with Crippen molar-refractivity contribution in [1.82, 2.24) is 9.88 Å². The summed E-state index contributed by atoms with van der Waals surface area (Å²) >= 11 is 0. The van der Waals surface area contributed by atoms with Crippen molar-refractivity contribution < 1.29 is 14.3 Å². The SMILES string of the molecule is COc1cccc(CC2CCCN2C(=O)c2cc3c([nH]c2=O)CC(C)(C)CC3=O)c1. The molecule has 1 amide bonds. The molecule has 4 rings (SSSR count). The first-order chi connectivity index (χ1) is 14.3. The molecule has 1 N–H and O–H groups in total. The fourth-order valence-electron chi connectivity index (χ4n) is 4.73. The zero-order chi connectivity index (χ0) is 21.5. The molecule has 1 aliphatic heterocycles. The van der Waals surface area contributed by atoms with Crippen molar-refractivity contribution in [1.29, 1.82) is 0 Å². The van der Waals surface area contributed by atoms with Gasteiger partial charge in [0.1, 0.15) is 11.3 Å². The molecule has 158 valence electrons. The summed E-state index contributed by atoms with van der Waals surface area (Å²) in [5.74, 6) is 0.485. The van der Waals surface area contributed by atoms with Crippen LogP contribution in [0.1, 0.15) is 65.1 Å². The van der Waals surface area contributed by atoms with Crippen LogP contribution in [-0.2, 0) is 12.8 Å². The number of ether oxygens (including phenoxy) is 1. The van der Waals surface area contributed by atoms with Gasteiger partial charge >= 0.3 is 0 Å². The Morgan fingerprint density at radius 1 is 1.23 bits per heavy atom. The van der Waals surface area contributed by atoms with Crippen LogP contribution < -0.4 is 10.3 Å². The predicted molar refractivity (Wildman–Crippen MR) is 114 cm³/mol. The van der Waals surface area contributed by atoms with E-state index in [4.69, 9.17) is 4.74 Å². The number of rotatable bonds is 4. The van der Waals surface area contributed by atoms with Gasteiger partial charge in [-0.05, 0) is 54.9 Å². The number of carbonyl (C=O) groups excluding carboxylic acids is 2. The number of likely N-dealkylation sites (tertiary alicyclic amines) is 1. The Labute approximate surface area is 176 Å². The number of amides is 1. The molecule has 1 aliphatic carbocycles. The summed E-state index contributed by atoms with van der Waals surface area (Å²) in [5.41, 5.74) is 1.70. The highest BCUT2D eigenvalue weighted by atomic mass is 16.5. The summed E-state index contributed by atoms with van der Waals surface area (Å²) in [4.78, 5) is 43.2. The van der Waals surface area contributed by atoms with Gasteiger partial charge in [-0.25, -0.2) is 0 Å². The second kappa shape index (κ2) is 7.74. The number of methoxy groups -OCH3 is 1. The number of ketones is 1. The van der Waals surface area contributed by atoms with Gasteiger partial charge in [-0.3, -0.25) is 14.4 Å². The summed E-state index contributed by atoms with van der Waals surface area (Å²) in [7, 11) is 1.63. The number of fused-ring (bicyclic) bond motifs is 1. The normalized spacial score (nSPS) is 20.2. The lowest BCUT2D eigenvalue weighted by Crippen LogP contribution is -2.40. The van der Waals surface area contributed by atoms with Gasteiger partial charge in [0.15, 0.2) is 5.78 Å². The van der Waals surface area contributed by atoms with Gasteiger partial charge < -0.3 is 14.6 Å². The molecule has 6 heteroatoms. The Kier molecular flexibility index (Phi) is 5.26. The maximum absolute atomic E-state index is 13.3. The van der Waals surface area contributed by atoms with Gasteiger partial charge in [0.05, 0.1) is 7.11 Å².